The third-order valence-electron chi connectivity index (χ3n) is 5.10. The molecule has 1 aliphatic rings. The van der Waals surface area contributed by atoms with Crippen molar-refractivity contribution in [2.24, 2.45) is 4.99 Å². The molecule has 0 saturated heterocycles. The molecule has 0 N–H and O–H groups in total. The quantitative estimate of drug-likeness (QED) is 0.314. The Hall–Kier alpha value is -3.56. The number of nitrogens with zero attached hydrogens (tertiary/aromatic N) is 3. The molecule has 0 aliphatic carbocycles. The molecule has 0 bridgehead atoms. The fraction of sp³-hybridized carbons (Fsp3) is 0.174. The van der Waals surface area contributed by atoms with Gasteiger partial charge in [-0.1, -0.05) is 53.3 Å². The predicted molar refractivity (Wildman–Crippen MR) is 125 cm³/mol. The van der Waals surface area contributed by atoms with Crippen molar-refractivity contribution >= 4 is 40.7 Å². The van der Waals surface area contributed by atoms with Gasteiger partial charge in [-0.2, -0.15) is 0 Å². The summed E-state index contributed by atoms with van der Waals surface area (Å²) in [7, 11) is 0. The highest BCUT2D eigenvalue weighted by atomic mass is 35.5. The number of non-ortho nitro benzene ring substituents is 1. The van der Waals surface area contributed by atoms with Gasteiger partial charge < -0.3 is 4.74 Å². The highest BCUT2D eigenvalue weighted by Crippen LogP contribution is 2.34. The first kappa shape index (κ1) is 22.6. The Labute approximate surface area is 196 Å². The second-order valence-electron chi connectivity index (χ2n) is 7.18. The summed E-state index contributed by atoms with van der Waals surface area (Å²) < 4.78 is 7.00. The molecule has 2 heterocycles. The number of carbonyl (C=O) groups excluding carboxylic acids is 1. The molecule has 10 heteroatoms. The van der Waals surface area contributed by atoms with Gasteiger partial charge in [0, 0.05) is 17.2 Å². The SMILES string of the molecule is CCOC(=O)C1=C(C)N=c2s/c(=C/c3cccc([N+](=O)[O-])c3)c(=O)n2[C@H]1c1ccccc1Cl. The molecule has 4 rings (SSSR count). The van der Waals surface area contributed by atoms with Crippen molar-refractivity contribution in [3.05, 3.63) is 106 Å². The zero-order valence-electron chi connectivity index (χ0n) is 17.6. The Morgan fingerprint density at radius 2 is 2.06 bits per heavy atom. The number of hydrogen-bond acceptors (Lipinski definition) is 7. The van der Waals surface area contributed by atoms with Crippen LogP contribution in [0.4, 0.5) is 5.69 Å². The first-order valence-electron chi connectivity index (χ1n) is 10.0. The number of nitro benzene ring substituents is 1. The molecule has 1 aliphatic heterocycles. The Kier molecular flexibility index (Phi) is 6.26. The van der Waals surface area contributed by atoms with Gasteiger partial charge in [0.2, 0.25) is 0 Å². The maximum absolute atomic E-state index is 13.5. The van der Waals surface area contributed by atoms with Crippen LogP contribution in [0, 0.1) is 10.1 Å². The first-order chi connectivity index (χ1) is 15.8. The van der Waals surface area contributed by atoms with Crippen molar-refractivity contribution in [3.63, 3.8) is 0 Å². The van der Waals surface area contributed by atoms with E-state index in [0.29, 0.717) is 31.2 Å². The highest BCUT2D eigenvalue weighted by Gasteiger charge is 2.34. The lowest BCUT2D eigenvalue weighted by Gasteiger charge is -2.25. The minimum absolute atomic E-state index is 0.0779. The molecular formula is C23H18ClN3O5S. The number of nitro groups is 1. The van der Waals surface area contributed by atoms with Gasteiger partial charge in [-0.15, -0.1) is 0 Å². The van der Waals surface area contributed by atoms with Crippen LogP contribution in [0.3, 0.4) is 0 Å². The largest absolute Gasteiger partial charge is 0.463 e. The van der Waals surface area contributed by atoms with Gasteiger partial charge in [-0.25, -0.2) is 9.79 Å². The molecule has 1 aromatic heterocycles. The molecule has 2 aromatic carbocycles. The number of carbonyl (C=O) groups is 1. The Balaban J connectivity index is 1.96. The smallest absolute Gasteiger partial charge is 0.338 e. The average molecular weight is 484 g/mol. The standard InChI is InChI=1S/C23H18ClN3O5S/c1-3-32-22(29)19-13(2)25-23-26(20(19)16-9-4-5-10-17(16)24)21(28)18(33-23)12-14-7-6-8-15(11-14)27(30)31/h4-12,20H,3H2,1-2H3/b18-12+/t20-/m0/s1. The fourth-order valence-electron chi connectivity index (χ4n) is 3.66. The molecule has 0 fully saturated rings. The maximum atomic E-state index is 13.5. The van der Waals surface area contributed by atoms with Crippen LogP contribution < -0.4 is 14.9 Å². The van der Waals surface area contributed by atoms with Crippen LogP contribution in [-0.4, -0.2) is 22.1 Å². The lowest BCUT2D eigenvalue weighted by atomic mass is 9.96. The molecule has 168 valence electrons. The number of fused-ring (bicyclic) bond motifs is 1. The molecule has 8 nitrogen and oxygen atoms in total. The van der Waals surface area contributed by atoms with Gasteiger partial charge in [-0.3, -0.25) is 19.5 Å². The average Bonchev–Trinajstić information content (AvgIpc) is 3.08. The number of benzene rings is 2. The second kappa shape index (κ2) is 9.13. The molecule has 0 amide bonds. The number of thiazole rings is 1. The zero-order valence-corrected chi connectivity index (χ0v) is 19.2. The third-order valence-corrected chi connectivity index (χ3v) is 6.42. The normalized spacial score (nSPS) is 15.7. The first-order valence-corrected chi connectivity index (χ1v) is 11.2. The summed E-state index contributed by atoms with van der Waals surface area (Å²) >= 11 is 7.60. The van der Waals surface area contributed by atoms with E-state index in [4.69, 9.17) is 16.3 Å². The minimum Gasteiger partial charge on any atom is -0.463 e. The van der Waals surface area contributed by atoms with E-state index in [1.54, 1.807) is 56.3 Å². The van der Waals surface area contributed by atoms with Crippen LogP contribution in [0.15, 0.2) is 69.6 Å². The number of halogens is 1. The van der Waals surface area contributed by atoms with E-state index in [-0.39, 0.29) is 23.4 Å². The molecule has 0 saturated carbocycles. The summed E-state index contributed by atoms with van der Waals surface area (Å²) in [6.45, 7) is 3.56. The van der Waals surface area contributed by atoms with Gasteiger partial charge in [0.1, 0.15) is 6.04 Å². The number of esters is 1. The van der Waals surface area contributed by atoms with E-state index in [9.17, 15) is 19.7 Å². The summed E-state index contributed by atoms with van der Waals surface area (Å²) in [4.78, 5) is 41.9. The maximum Gasteiger partial charge on any atom is 0.338 e. The molecule has 1 atom stereocenters. The lowest BCUT2D eigenvalue weighted by molar-refractivity contribution is -0.384. The molecular weight excluding hydrogens is 466 g/mol. The van der Waals surface area contributed by atoms with Gasteiger partial charge in [0.25, 0.3) is 11.2 Å². The van der Waals surface area contributed by atoms with E-state index in [1.807, 2.05) is 0 Å². The second-order valence-corrected chi connectivity index (χ2v) is 8.59. The summed E-state index contributed by atoms with van der Waals surface area (Å²) in [6, 6.07) is 12.2. The van der Waals surface area contributed by atoms with E-state index in [1.165, 1.54) is 16.7 Å². The van der Waals surface area contributed by atoms with Gasteiger partial charge in [-0.05, 0) is 37.1 Å². The van der Waals surface area contributed by atoms with Crippen LogP contribution in [0.5, 0.6) is 0 Å². The van der Waals surface area contributed by atoms with Gasteiger partial charge in [0.05, 0.1) is 27.3 Å². The van der Waals surface area contributed by atoms with E-state index >= 15 is 0 Å². The van der Waals surface area contributed by atoms with Crippen LogP contribution in [-0.2, 0) is 9.53 Å². The Morgan fingerprint density at radius 3 is 2.76 bits per heavy atom. The van der Waals surface area contributed by atoms with E-state index < -0.39 is 16.9 Å². The highest BCUT2D eigenvalue weighted by molar-refractivity contribution is 7.07. The van der Waals surface area contributed by atoms with Gasteiger partial charge >= 0.3 is 5.97 Å². The van der Waals surface area contributed by atoms with Crippen LogP contribution in [0.25, 0.3) is 6.08 Å². The van der Waals surface area contributed by atoms with Crippen molar-refractivity contribution in [3.8, 4) is 0 Å². The Bertz CT molecular complexity index is 1490. The third kappa shape index (κ3) is 4.24. The molecule has 0 spiro atoms. The summed E-state index contributed by atoms with van der Waals surface area (Å²) in [5.41, 5.74) is 1.28. The fourth-order valence-corrected chi connectivity index (χ4v) is 4.95. The predicted octanol–water partition coefficient (Wildman–Crippen LogP) is 3.36. The number of rotatable bonds is 5. The monoisotopic (exact) mass is 483 g/mol. The van der Waals surface area contributed by atoms with E-state index in [2.05, 4.69) is 4.99 Å². The summed E-state index contributed by atoms with van der Waals surface area (Å²) in [5, 5.41) is 11.5. The Morgan fingerprint density at radius 1 is 1.30 bits per heavy atom. The van der Waals surface area contributed by atoms with Crippen molar-refractivity contribution in [2.75, 3.05) is 6.61 Å². The van der Waals surface area contributed by atoms with Crippen LogP contribution in [0.1, 0.15) is 31.0 Å². The number of aromatic nitrogens is 1. The summed E-state index contributed by atoms with van der Waals surface area (Å²) in [5.74, 6) is -0.573. The van der Waals surface area contributed by atoms with Crippen molar-refractivity contribution in [1.82, 2.24) is 4.57 Å². The van der Waals surface area contributed by atoms with Crippen molar-refractivity contribution in [1.29, 1.82) is 0 Å². The lowest BCUT2D eigenvalue weighted by Crippen LogP contribution is -2.40. The van der Waals surface area contributed by atoms with Crippen LogP contribution in [0.2, 0.25) is 5.02 Å². The van der Waals surface area contributed by atoms with Crippen molar-refractivity contribution in [2.45, 2.75) is 19.9 Å². The number of allylic oxidation sites excluding steroid dienone is 1. The zero-order chi connectivity index (χ0) is 23.7. The van der Waals surface area contributed by atoms with Crippen molar-refractivity contribution < 1.29 is 14.5 Å². The number of hydrogen-bond donors (Lipinski definition) is 0. The number of ether oxygens (including phenoxy) is 1. The van der Waals surface area contributed by atoms with Crippen LogP contribution >= 0.6 is 22.9 Å². The summed E-state index contributed by atoms with van der Waals surface area (Å²) in [6.07, 6.45) is 1.57. The van der Waals surface area contributed by atoms with Gasteiger partial charge in [0.15, 0.2) is 4.80 Å². The topological polar surface area (TPSA) is 104 Å². The molecule has 3 aromatic rings. The van der Waals surface area contributed by atoms with E-state index in [0.717, 1.165) is 11.3 Å². The molecule has 33 heavy (non-hydrogen) atoms. The minimum atomic E-state index is -0.818. The molecule has 0 unspecified atom stereocenters. The molecule has 0 radical (unpaired) electrons.